The third kappa shape index (κ3) is 5.83. The standard InChI is InChI=1S/C13H27NO2/c1-4-7-14-12-5-6-13(10-12)16-9-8-15-11(2)3/h11-14H,4-10H2,1-3H3. The molecule has 16 heavy (non-hydrogen) atoms. The second kappa shape index (κ2) is 8.04. The van der Waals surface area contributed by atoms with Crippen molar-refractivity contribution in [2.75, 3.05) is 19.8 Å². The van der Waals surface area contributed by atoms with Crippen LogP contribution in [0.5, 0.6) is 0 Å². The van der Waals surface area contributed by atoms with Crippen molar-refractivity contribution >= 4 is 0 Å². The predicted molar refractivity (Wildman–Crippen MR) is 66.8 cm³/mol. The van der Waals surface area contributed by atoms with Gasteiger partial charge in [0.25, 0.3) is 0 Å². The SMILES string of the molecule is CCCNC1CCC(OCCOC(C)C)C1. The topological polar surface area (TPSA) is 30.5 Å². The first-order valence-electron chi connectivity index (χ1n) is 6.69. The molecule has 1 aliphatic rings. The zero-order valence-corrected chi connectivity index (χ0v) is 11.0. The Kier molecular flexibility index (Phi) is 7.01. The highest BCUT2D eigenvalue weighted by atomic mass is 16.5. The molecule has 1 rings (SSSR count). The lowest BCUT2D eigenvalue weighted by atomic mass is 10.2. The van der Waals surface area contributed by atoms with E-state index in [2.05, 4.69) is 26.1 Å². The van der Waals surface area contributed by atoms with Gasteiger partial charge in [-0.2, -0.15) is 0 Å². The van der Waals surface area contributed by atoms with Gasteiger partial charge >= 0.3 is 0 Å². The van der Waals surface area contributed by atoms with Crippen LogP contribution in [0.25, 0.3) is 0 Å². The van der Waals surface area contributed by atoms with Crippen molar-refractivity contribution in [3.8, 4) is 0 Å². The predicted octanol–water partition coefficient (Wildman–Crippen LogP) is 2.35. The van der Waals surface area contributed by atoms with Crippen molar-refractivity contribution in [3.05, 3.63) is 0 Å². The fraction of sp³-hybridized carbons (Fsp3) is 1.00. The first-order chi connectivity index (χ1) is 7.72. The molecule has 3 heteroatoms. The van der Waals surface area contributed by atoms with E-state index < -0.39 is 0 Å². The Morgan fingerprint density at radius 3 is 2.75 bits per heavy atom. The molecular formula is C13H27NO2. The molecule has 1 fully saturated rings. The molecule has 96 valence electrons. The summed E-state index contributed by atoms with van der Waals surface area (Å²) >= 11 is 0. The van der Waals surface area contributed by atoms with Crippen LogP contribution < -0.4 is 5.32 Å². The highest BCUT2D eigenvalue weighted by molar-refractivity contribution is 4.80. The van der Waals surface area contributed by atoms with Crippen molar-refractivity contribution in [2.24, 2.45) is 0 Å². The smallest absolute Gasteiger partial charge is 0.0704 e. The zero-order chi connectivity index (χ0) is 11.8. The third-order valence-electron chi connectivity index (χ3n) is 2.96. The normalized spacial score (nSPS) is 25.5. The molecule has 3 nitrogen and oxygen atoms in total. The number of hydrogen-bond donors (Lipinski definition) is 1. The molecule has 1 saturated carbocycles. The molecule has 0 heterocycles. The number of ether oxygens (including phenoxy) is 2. The van der Waals surface area contributed by atoms with E-state index in [0.29, 0.717) is 18.2 Å². The van der Waals surface area contributed by atoms with Gasteiger partial charge in [0.1, 0.15) is 0 Å². The average molecular weight is 229 g/mol. The maximum atomic E-state index is 5.80. The largest absolute Gasteiger partial charge is 0.376 e. The molecular weight excluding hydrogens is 202 g/mol. The van der Waals surface area contributed by atoms with Crippen LogP contribution in [0.4, 0.5) is 0 Å². The second-order valence-electron chi connectivity index (χ2n) is 4.88. The molecule has 0 aromatic rings. The van der Waals surface area contributed by atoms with E-state index in [1.165, 1.54) is 25.7 Å². The van der Waals surface area contributed by atoms with Gasteiger partial charge in [0.2, 0.25) is 0 Å². The van der Waals surface area contributed by atoms with Crippen molar-refractivity contribution in [1.82, 2.24) is 5.32 Å². The molecule has 0 spiro atoms. The molecule has 0 aromatic heterocycles. The summed E-state index contributed by atoms with van der Waals surface area (Å²) in [6, 6.07) is 0.677. The number of hydrogen-bond acceptors (Lipinski definition) is 3. The van der Waals surface area contributed by atoms with Crippen LogP contribution in [0.1, 0.15) is 46.5 Å². The van der Waals surface area contributed by atoms with Gasteiger partial charge in [0, 0.05) is 6.04 Å². The molecule has 0 bridgehead atoms. The molecule has 2 unspecified atom stereocenters. The van der Waals surface area contributed by atoms with Crippen molar-refractivity contribution in [1.29, 1.82) is 0 Å². The monoisotopic (exact) mass is 229 g/mol. The molecule has 2 atom stereocenters. The van der Waals surface area contributed by atoms with Gasteiger partial charge in [0.05, 0.1) is 25.4 Å². The summed E-state index contributed by atoms with van der Waals surface area (Å²) in [7, 11) is 0. The van der Waals surface area contributed by atoms with E-state index in [0.717, 1.165) is 19.8 Å². The minimum Gasteiger partial charge on any atom is -0.376 e. The molecule has 0 aromatic carbocycles. The fourth-order valence-electron chi connectivity index (χ4n) is 2.12. The molecule has 1 aliphatic carbocycles. The Morgan fingerprint density at radius 1 is 1.25 bits per heavy atom. The molecule has 0 amide bonds. The summed E-state index contributed by atoms with van der Waals surface area (Å²) in [6.45, 7) is 8.91. The summed E-state index contributed by atoms with van der Waals surface area (Å²) in [6.07, 6.45) is 5.60. The Balaban J connectivity index is 1.98. The molecule has 1 N–H and O–H groups in total. The lowest BCUT2D eigenvalue weighted by Gasteiger charge is -2.14. The molecule has 0 aliphatic heterocycles. The van der Waals surface area contributed by atoms with Crippen LogP contribution in [0.3, 0.4) is 0 Å². The first kappa shape index (κ1) is 13.9. The van der Waals surface area contributed by atoms with Crippen LogP contribution >= 0.6 is 0 Å². The van der Waals surface area contributed by atoms with E-state index in [1.54, 1.807) is 0 Å². The zero-order valence-electron chi connectivity index (χ0n) is 11.0. The third-order valence-corrected chi connectivity index (χ3v) is 2.96. The average Bonchev–Trinajstić information content (AvgIpc) is 2.69. The minimum atomic E-state index is 0.311. The first-order valence-corrected chi connectivity index (χ1v) is 6.69. The minimum absolute atomic E-state index is 0.311. The summed E-state index contributed by atoms with van der Waals surface area (Å²) in [5, 5.41) is 3.56. The highest BCUT2D eigenvalue weighted by Gasteiger charge is 2.24. The van der Waals surface area contributed by atoms with Crippen molar-refractivity contribution in [3.63, 3.8) is 0 Å². The van der Waals surface area contributed by atoms with Gasteiger partial charge in [-0.25, -0.2) is 0 Å². The van der Waals surface area contributed by atoms with Gasteiger partial charge < -0.3 is 14.8 Å². The maximum absolute atomic E-state index is 5.80. The summed E-state index contributed by atoms with van der Waals surface area (Å²) in [5.74, 6) is 0. The second-order valence-corrected chi connectivity index (χ2v) is 4.88. The van der Waals surface area contributed by atoms with Gasteiger partial charge in [-0.05, 0) is 46.1 Å². The Labute approximate surface area is 99.9 Å². The summed E-state index contributed by atoms with van der Waals surface area (Å²) < 4.78 is 11.3. The number of nitrogens with one attached hydrogen (secondary N) is 1. The van der Waals surface area contributed by atoms with Crippen molar-refractivity contribution in [2.45, 2.75) is 64.7 Å². The van der Waals surface area contributed by atoms with E-state index in [1.807, 2.05) is 0 Å². The van der Waals surface area contributed by atoms with E-state index in [9.17, 15) is 0 Å². The van der Waals surface area contributed by atoms with Crippen LogP contribution in [0.15, 0.2) is 0 Å². The van der Waals surface area contributed by atoms with Gasteiger partial charge in [0.15, 0.2) is 0 Å². The van der Waals surface area contributed by atoms with E-state index in [-0.39, 0.29) is 0 Å². The summed E-state index contributed by atoms with van der Waals surface area (Å²) in [4.78, 5) is 0. The van der Waals surface area contributed by atoms with Gasteiger partial charge in [-0.15, -0.1) is 0 Å². The molecule has 0 saturated heterocycles. The van der Waals surface area contributed by atoms with Crippen LogP contribution in [-0.2, 0) is 9.47 Å². The van der Waals surface area contributed by atoms with Gasteiger partial charge in [-0.1, -0.05) is 6.92 Å². The Bertz CT molecular complexity index is 173. The fourth-order valence-corrected chi connectivity index (χ4v) is 2.12. The van der Waals surface area contributed by atoms with E-state index >= 15 is 0 Å². The highest BCUT2D eigenvalue weighted by Crippen LogP contribution is 2.21. The molecule has 0 radical (unpaired) electrons. The van der Waals surface area contributed by atoms with Gasteiger partial charge in [-0.3, -0.25) is 0 Å². The van der Waals surface area contributed by atoms with Crippen LogP contribution in [0.2, 0.25) is 0 Å². The van der Waals surface area contributed by atoms with Crippen LogP contribution in [0, 0.1) is 0 Å². The summed E-state index contributed by atoms with van der Waals surface area (Å²) in [5.41, 5.74) is 0. The van der Waals surface area contributed by atoms with Crippen molar-refractivity contribution < 1.29 is 9.47 Å². The van der Waals surface area contributed by atoms with Crippen LogP contribution in [-0.4, -0.2) is 38.0 Å². The van der Waals surface area contributed by atoms with E-state index in [4.69, 9.17) is 9.47 Å². The quantitative estimate of drug-likeness (QED) is 0.648. The maximum Gasteiger partial charge on any atom is 0.0704 e. The lowest BCUT2D eigenvalue weighted by molar-refractivity contribution is -0.0106. The number of rotatable bonds is 8. The Morgan fingerprint density at radius 2 is 2.06 bits per heavy atom. The Hall–Kier alpha value is -0.120. The lowest BCUT2D eigenvalue weighted by Crippen LogP contribution is -2.28.